The van der Waals surface area contributed by atoms with Gasteiger partial charge in [-0.3, -0.25) is 4.89 Å². The van der Waals surface area contributed by atoms with Crippen LogP contribution in [0.3, 0.4) is 0 Å². The van der Waals surface area contributed by atoms with Gasteiger partial charge in [-0.1, -0.05) is 36.9 Å². The molecule has 0 fully saturated rings. The maximum atomic E-state index is 10.7. The van der Waals surface area contributed by atoms with Crippen molar-refractivity contribution in [3.05, 3.63) is 48.6 Å². The van der Waals surface area contributed by atoms with Crippen LogP contribution >= 0.6 is 0 Å². The molecule has 0 aliphatic heterocycles. The predicted octanol–water partition coefficient (Wildman–Crippen LogP) is 2.52. The molecule has 1 aromatic carbocycles. The highest BCUT2D eigenvalue weighted by Crippen LogP contribution is 2.24. The van der Waals surface area contributed by atoms with Gasteiger partial charge in [-0.15, -0.1) is 0 Å². The topological polar surface area (TPSA) is 44.8 Å². The number of ether oxygens (including phenoxy) is 1. The van der Waals surface area contributed by atoms with Gasteiger partial charge in [-0.25, -0.2) is 4.79 Å². The van der Waals surface area contributed by atoms with E-state index in [1.165, 1.54) is 0 Å². The zero-order valence-corrected chi connectivity index (χ0v) is 10.3. The Labute approximate surface area is 106 Å². The second-order valence-electron chi connectivity index (χ2n) is 3.87. The van der Waals surface area contributed by atoms with E-state index in [9.17, 15) is 4.79 Å². The monoisotopic (exact) mass is 246 g/mol. The van der Waals surface area contributed by atoms with Gasteiger partial charge in [0.2, 0.25) is 6.11 Å². The van der Waals surface area contributed by atoms with Crippen LogP contribution in [0.1, 0.15) is 19.4 Å². The summed E-state index contributed by atoms with van der Waals surface area (Å²) in [5, 5.41) is 0. The summed E-state index contributed by atoms with van der Waals surface area (Å²) in [4.78, 5) is 20.5. The molecule has 0 N–H and O–H groups in total. The third-order valence-corrected chi connectivity index (χ3v) is 2.12. The lowest BCUT2D eigenvalue weighted by molar-refractivity contribution is -0.311. The Balaban J connectivity index is 2.48. The van der Waals surface area contributed by atoms with E-state index in [0.29, 0.717) is 0 Å². The second-order valence-corrected chi connectivity index (χ2v) is 3.87. The molecule has 0 aliphatic carbocycles. The number of rotatable bonds is 4. The minimum Gasteiger partial charge on any atom is -0.365 e. The van der Waals surface area contributed by atoms with Crippen molar-refractivity contribution in [2.45, 2.75) is 19.4 Å². The molecule has 0 bridgehead atoms. The van der Waals surface area contributed by atoms with Crippen LogP contribution in [0.15, 0.2) is 43.0 Å². The lowest BCUT2D eigenvalue weighted by Gasteiger charge is -2.21. The number of esters is 1. The quantitative estimate of drug-likeness (QED) is 0.269. The van der Waals surface area contributed by atoms with Crippen molar-refractivity contribution in [1.82, 2.24) is 0 Å². The van der Waals surface area contributed by atoms with Crippen molar-refractivity contribution in [3.8, 4) is 12.2 Å². The molecule has 0 aromatic heterocycles. The standard InChI is InChI=1S/C14H14O4/c1-4-13(15)16-10-11-17-18-14(2,3)12-8-6-5-7-9-12/h4-9H,1H2,2-3H3. The SMILES string of the molecule is C=CC(=O)OC#COOC(C)(C)c1ccccc1. The molecule has 0 atom stereocenters. The smallest absolute Gasteiger partial charge is 0.344 e. The Morgan fingerprint density at radius 1 is 1.28 bits per heavy atom. The molecule has 0 saturated carbocycles. The Bertz CT molecular complexity index is 466. The van der Waals surface area contributed by atoms with E-state index in [0.717, 1.165) is 11.6 Å². The molecule has 0 unspecified atom stereocenters. The molecule has 0 heterocycles. The molecule has 0 radical (unpaired) electrons. The summed E-state index contributed by atoms with van der Waals surface area (Å²) in [7, 11) is 0. The minimum atomic E-state index is -0.654. The highest BCUT2D eigenvalue weighted by Gasteiger charge is 2.22. The van der Waals surface area contributed by atoms with Crippen molar-refractivity contribution in [2.24, 2.45) is 0 Å². The van der Waals surface area contributed by atoms with E-state index < -0.39 is 11.6 Å². The average Bonchev–Trinajstić information content (AvgIpc) is 2.39. The van der Waals surface area contributed by atoms with Crippen LogP contribution in [0.4, 0.5) is 0 Å². The highest BCUT2D eigenvalue weighted by atomic mass is 17.2. The molecular weight excluding hydrogens is 232 g/mol. The molecule has 0 aliphatic rings. The van der Waals surface area contributed by atoms with Crippen LogP contribution < -0.4 is 0 Å². The zero-order chi connectivity index (χ0) is 13.4. The van der Waals surface area contributed by atoms with Crippen molar-refractivity contribution in [3.63, 3.8) is 0 Å². The van der Waals surface area contributed by atoms with E-state index in [-0.39, 0.29) is 0 Å². The maximum Gasteiger partial charge on any atom is 0.344 e. The Morgan fingerprint density at radius 2 is 1.94 bits per heavy atom. The number of hydrogen-bond donors (Lipinski definition) is 0. The van der Waals surface area contributed by atoms with Crippen LogP contribution in [0.2, 0.25) is 0 Å². The summed E-state index contributed by atoms with van der Waals surface area (Å²) in [6.07, 6.45) is 5.16. The molecule has 4 heteroatoms. The maximum absolute atomic E-state index is 10.7. The first-order valence-electron chi connectivity index (χ1n) is 5.29. The lowest BCUT2D eigenvalue weighted by Crippen LogP contribution is -2.20. The van der Waals surface area contributed by atoms with Crippen LogP contribution in [-0.2, 0) is 24.9 Å². The van der Waals surface area contributed by atoms with Gasteiger partial charge in [0.1, 0.15) is 5.60 Å². The number of carbonyl (C=O) groups is 1. The van der Waals surface area contributed by atoms with Gasteiger partial charge in [0.15, 0.2) is 6.11 Å². The lowest BCUT2D eigenvalue weighted by atomic mass is 9.99. The Morgan fingerprint density at radius 3 is 2.56 bits per heavy atom. The highest BCUT2D eigenvalue weighted by molar-refractivity contribution is 5.82. The van der Waals surface area contributed by atoms with Gasteiger partial charge in [0, 0.05) is 6.08 Å². The average molecular weight is 246 g/mol. The Kier molecular flexibility index (Phi) is 4.97. The molecule has 0 amide bonds. The molecule has 0 spiro atoms. The fraction of sp³-hybridized carbons (Fsp3) is 0.214. The zero-order valence-electron chi connectivity index (χ0n) is 10.3. The fourth-order valence-corrected chi connectivity index (χ4v) is 1.14. The molecule has 18 heavy (non-hydrogen) atoms. The number of carbonyl (C=O) groups excluding carboxylic acids is 1. The normalized spacial score (nSPS) is 9.89. The van der Waals surface area contributed by atoms with Crippen LogP contribution in [0.5, 0.6) is 0 Å². The van der Waals surface area contributed by atoms with Gasteiger partial charge < -0.3 is 4.74 Å². The van der Waals surface area contributed by atoms with Gasteiger partial charge in [-0.05, 0) is 19.4 Å². The summed E-state index contributed by atoms with van der Waals surface area (Å²) >= 11 is 0. The summed E-state index contributed by atoms with van der Waals surface area (Å²) < 4.78 is 4.39. The van der Waals surface area contributed by atoms with Gasteiger partial charge in [0.05, 0.1) is 0 Å². The molecule has 4 nitrogen and oxygen atoms in total. The largest absolute Gasteiger partial charge is 0.365 e. The van der Waals surface area contributed by atoms with Crippen molar-refractivity contribution < 1.29 is 19.3 Å². The van der Waals surface area contributed by atoms with Crippen molar-refractivity contribution >= 4 is 5.97 Å². The molecular formula is C14H14O4. The van der Waals surface area contributed by atoms with Crippen molar-refractivity contribution in [1.29, 1.82) is 0 Å². The molecule has 1 aromatic rings. The molecule has 0 saturated heterocycles. The number of benzene rings is 1. The van der Waals surface area contributed by atoms with E-state index in [1.807, 2.05) is 50.3 Å². The summed E-state index contributed by atoms with van der Waals surface area (Å²) in [6.45, 7) is 6.89. The summed E-state index contributed by atoms with van der Waals surface area (Å²) in [5.74, 6) is -0.645. The fourth-order valence-electron chi connectivity index (χ4n) is 1.14. The van der Waals surface area contributed by atoms with Crippen LogP contribution in [0.25, 0.3) is 0 Å². The van der Waals surface area contributed by atoms with E-state index in [2.05, 4.69) is 22.3 Å². The first kappa shape index (κ1) is 13.8. The van der Waals surface area contributed by atoms with Gasteiger partial charge in [-0.2, -0.15) is 4.89 Å². The minimum absolute atomic E-state index is 0.645. The van der Waals surface area contributed by atoms with Crippen molar-refractivity contribution in [2.75, 3.05) is 0 Å². The van der Waals surface area contributed by atoms with Crippen LogP contribution in [-0.4, -0.2) is 5.97 Å². The van der Waals surface area contributed by atoms with Gasteiger partial charge >= 0.3 is 5.97 Å². The second kappa shape index (κ2) is 6.48. The first-order valence-corrected chi connectivity index (χ1v) is 5.29. The van der Waals surface area contributed by atoms with E-state index in [4.69, 9.17) is 4.89 Å². The molecule has 94 valence electrons. The molecule has 1 rings (SSSR count). The number of hydrogen-bond acceptors (Lipinski definition) is 4. The first-order chi connectivity index (χ1) is 8.56. The van der Waals surface area contributed by atoms with Crippen LogP contribution in [0, 0.1) is 12.2 Å². The van der Waals surface area contributed by atoms with E-state index >= 15 is 0 Å². The summed E-state index contributed by atoms with van der Waals surface area (Å²) in [5.41, 5.74) is 0.285. The predicted molar refractivity (Wildman–Crippen MR) is 65.7 cm³/mol. The summed E-state index contributed by atoms with van der Waals surface area (Å²) in [6, 6.07) is 9.54. The third kappa shape index (κ3) is 4.32. The van der Waals surface area contributed by atoms with Gasteiger partial charge in [0.25, 0.3) is 0 Å². The third-order valence-electron chi connectivity index (χ3n) is 2.12. The Hall–Kier alpha value is -2.25. The van der Waals surface area contributed by atoms with E-state index in [1.54, 1.807) is 0 Å².